The number of aliphatic hydroxyl groups excluding tert-OH is 1. The minimum absolute atomic E-state index is 0.113. The first kappa shape index (κ1) is 17.3. The normalized spacial score (nSPS) is 16.3. The van der Waals surface area contributed by atoms with Crippen LogP contribution in [0.1, 0.15) is 16.2 Å². The predicted octanol–water partition coefficient (Wildman–Crippen LogP) is 2.02. The van der Waals surface area contributed by atoms with Crippen LogP contribution in [0.15, 0.2) is 36.4 Å². The number of benzene rings is 1. The summed E-state index contributed by atoms with van der Waals surface area (Å²) in [6.07, 6.45) is 3.65. The third kappa shape index (κ3) is 3.78. The Morgan fingerprint density at radius 1 is 1.48 bits per heavy atom. The molecule has 8 heteroatoms. The lowest BCUT2D eigenvalue weighted by Crippen LogP contribution is -2.38. The Kier molecular flexibility index (Phi) is 5.25. The van der Waals surface area contributed by atoms with E-state index < -0.39 is 0 Å². The number of hydrogen-bond donors (Lipinski definition) is 2. The van der Waals surface area contributed by atoms with Crippen LogP contribution in [0, 0.1) is 0 Å². The van der Waals surface area contributed by atoms with Gasteiger partial charge in [0.1, 0.15) is 18.1 Å². The summed E-state index contributed by atoms with van der Waals surface area (Å²) in [4.78, 5) is 14.0. The van der Waals surface area contributed by atoms with Gasteiger partial charge in [-0.1, -0.05) is 23.8 Å². The maximum atomic E-state index is 12.4. The van der Waals surface area contributed by atoms with Crippen LogP contribution in [-0.4, -0.2) is 52.4 Å². The highest BCUT2D eigenvalue weighted by molar-refractivity contribution is 6.32. The van der Waals surface area contributed by atoms with E-state index in [2.05, 4.69) is 10.2 Å². The number of amides is 1. The average molecular weight is 364 g/mol. The summed E-state index contributed by atoms with van der Waals surface area (Å²) in [6.45, 7) is 0.539. The molecule has 0 radical (unpaired) electrons. The summed E-state index contributed by atoms with van der Waals surface area (Å²) in [5.74, 6) is 0.910. The van der Waals surface area contributed by atoms with Crippen molar-refractivity contribution in [3.63, 3.8) is 0 Å². The quantitative estimate of drug-likeness (QED) is 0.767. The largest absolute Gasteiger partial charge is 0.497 e. The summed E-state index contributed by atoms with van der Waals surface area (Å²) >= 11 is 6.13. The van der Waals surface area contributed by atoms with Gasteiger partial charge >= 0.3 is 0 Å². The van der Waals surface area contributed by atoms with E-state index in [4.69, 9.17) is 21.1 Å². The molecular formula is C17H18ClN3O4. The van der Waals surface area contributed by atoms with Gasteiger partial charge in [0.05, 0.1) is 30.5 Å². The minimum atomic E-state index is -0.304. The number of aromatic nitrogens is 2. The SMILES string of the molecule is COc1ccc(OCc2cc(C(=O)N3CC=C[C@H]3CO)n[nH]2)c(Cl)c1. The molecule has 2 N–H and O–H groups in total. The van der Waals surface area contributed by atoms with Gasteiger partial charge in [-0.15, -0.1) is 0 Å². The molecule has 2 aromatic rings. The number of ether oxygens (including phenoxy) is 2. The van der Waals surface area contributed by atoms with E-state index in [9.17, 15) is 9.90 Å². The Bertz CT molecular complexity index is 790. The van der Waals surface area contributed by atoms with E-state index in [1.807, 2.05) is 6.08 Å². The predicted molar refractivity (Wildman–Crippen MR) is 92.0 cm³/mol. The lowest BCUT2D eigenvalue weighted by molar-refractivity contribution is 0.0694. The smallest absolute Gasteiger partial charge is 0.275 e. The Hall–Kier alpha value is -2.51. The Morgan fingerprint density at radius 2 is 2.32 bits per heavy atom. The highest BCUT2D eigenvalue weighted by atomic mass is 35.5. The molecule has 3 rings (SSSR count). The van der Waals surface area contributed by atoms with Crippen molar-refractivity contribution >= 4 is 17.5 Å². The first-order valence-electron chi connectivity index (χ1n) is 7.71. The van der Waals surface area contributed by atoms with Gasteiger partial charge in [-0.3, -0.25) is 9.89 Å². The molecule has 7 nitrogen and oxygen atoms in total. The number of H-pyrrole nitrogens is 1. The second-order valence-corrected chi connectivity index (χ2v) is 5.91. The molecule has 1 aromatic heterocycles. The van der Waals surface area contributed by atoms with E-state index in [-0.39, 0.29) is 30.9 Å². The van der Waals surface area contributed by atoms with Crippen molar-refractivity contribution in [2.75, 3.05) is 20.3 Å². The molecule has 0 fully saturated rings. The van der Waals surface area contributed by atoms with Crippen LogP contribution in [0.5, 0.6) is 11.5 Å². The molecule has 0 spiro atoms. The topological polar surface area (TPSA) is 87.7 Å². The molecule has 0 saturated carbocycles. The maximum absolute atomic E-state index is 12.4. The molecule has 1 aliphatic heterocycles. The number of carbonyl (C=O) groups is 1. The summed E-state index contributed by atoms with van der Waals surface area (Å²) in [5, 5.41) is 16.5. The number of nitrogens with one attached hydrogen (secondary N) is 1. The second-order valence-electron chi connectivity index (χ2n) is 5.50. The summed E-state index contributed by atoms with van der Waals surface area (Å²) in [5.41, 5.74) is 0.921. The van der Waals surface area contributed by atoms with E-state index in [1.54, 1.807) is 42.4 Å². The minimum Gasteiger partial charge on any atom is -0.497 e. The Balaban J connectivity index is 1.63. The molecule has 2 heterocycles. The fourth-order valence-corrected chi connectivity index (χ4v) is 2.76. The summed E-state index contributed by atoms with van der Waals surface area (Å²) in [6, 6.07) is 6.45. The van der Waals surface area contributed by atoms with Gasteiger partial charge in [-0.2, -0.15) is 5.10 Å². The number of halogens is 1. The number of methoxy groups -OCH3 is 1. The van der Waals surface area contributed by atoms with Gasteiger partial charge in [-0.25, -0.2) is 0 Å². The number of carbonyl (C=O) groups excluding carboxylic acids is 1. The van der Waals surface area contributed by atoms with Crippen molar-refractivity contribution in [3.05, 3.63) is 52.8 Å². The number of nitrogens with zero attached hydrogens (tertiary/aromatic N) is 2. The Morgan fingerprint density at radius 3 is 3.04 bits per heavy atom. The van der Waals surface area contributed by atoms with Crippen LogP contribution in [0.2, 0.25) is 5.02 Å². The molecule has 1 atom stereocenters. The van der Waals surface area contributed by atoms with Crippen LogP contribution in [0.25, 0.3) is 0 Å². The number of aromatic amines is 1. The van der Waals surface area contributed by atoms with Crippen LogP contribution >= 0.6 is 11.6 Å². The number of hydrogen-bond acceptors (Lipinski definition) is 5. The molecule has 25 heavy (non-hydrogen) atoms. The van der Waals surface area contributed by atoms with Crippen LogP contribution in [0.3, 0.4) is 0 Å². The molecule has 0 unspecified atom stereocenters. The summed E-state index contributed by atoms with van der Waals surface area (Å²) < 4.78 is 10.7. The fourth-order valence-electron chi connectivity index (χ4n) is 2.54. The molecule has 0 aliphatic carbocycles. The van der Waals surface area contributed by atoms with Crippen molar-refractivity contribution in [2.24, 2.45) is 0 Å². The summed E-state index contributed by atoms with van der Waals surface area (Å²) in [7, 11) is 1.56. The van der Waals surface area contributed by atoms with Crippen molar-refractivity contribution < 1.29 is 19.4 Å². The molecule has 0 saturated heterocycles. The maximum Gasteiger partial charge on any atom is 0.275 e. The highest BCUT2D eigenvalue weighted by Crippen LogP contribution is 2.29. The lowest BCUT2D eigenvalue weighted by atomic mass is 10.2. The number of rotatable bonds is 6. The van der Waals surface area contributed by atoms with Crippen LogP contribution in [-0.2, 0) is 6.61 Å². The second kappa shape index (κ2) is 7.58. The van der Waals surface area contributed by atoms with Crippen molar-refractivity contribution in [1.82, 2.24) is 15.1 Å². The lowest BCUT2D eigenvalue weighted by Gasteiger charge is -2.21. The fraction of sp³-hybridized carbons (Fsp3) is 0.294. The molecule has 1 aromatic carbocycles. The van der Waals surface area contributed by atoms with E-state index >= 15 is 0 Å². The third-order valence-corrected chi connectivity index (χ3v) is 4.18. The van der Waals surface area contributed by atoms with Crippen molar-refractivity contribution in [3.8, 4) is 11.5 Å². The Labute approximate surface area is 149 Å². The van der Waals surface area contributed by atoms with Crippen molar-refractivity contribution in [2.45, 2.75) is 12.6 Å². The first-order valence-corrected chi connectivity index (χ1v) is 8.09. The average Bonchev–Trinajstić information content (AvgIpc) is 3.29. The van der Waals surface area contributed by atoms with Gasteiger partial charge < -0.3 is 19.5 Å². The highest BCUT2D eigenvalue weighted by Gasteiger charge is 2.26. The monoisotopic (exact) mass is 363 g/mol. The standard InChI is InChI=1S/C17H18ClN3O4/c1-24-13-4-5-16(14(18)8-13)25-10-11-7-15(20-19-11)17(23)21-6-2-3-12(21)9-22/h2-5,7-8,12,22H,6,9-10H2,1H3,(H,19,20)/t12-/m0/s1. The van der Waals surface area contributed by atoms with Gasteiger partial charge in [0.15, 0.2) is 5.69 Å². The van der Waals surface area contributed by atoms with E-state index in [1.165, 1.54) is 0 Å². The molecular weight excluding hydrogens is 346 g/mol. The molecule has 1 aliphatic rings. The van der Waals surface area contributed by atoms with E-state index in [0.717, 1.165) is 0 Å². The van der Waals surface area contributed by atoms with Gasteiger partial charge in [0, 0.05) is 12.6 Å². The zero-order valence-corrected chi connectivity index (χ0v) is 14.4. The third-order valence-electron chi connectivity index (χ3n) is 3.88. The molecule has 1 amide bonds. The van der Waals surface area contributed by atoms with Gasteiger partial charge in [0.2, 0.25) is 0 Å². The van der Waals surface area contributed by atoms with E-state index in [0.29, 0.717) is 28.8 Å². The van der Waals surface area contributed by atoms with Crippen LogP contribution < -0.4 is 9.47 Å². The first-order chi connectivity index (χ1) is 12.1. The number of aliphatic hydroxyl groups is 1. The van der Waals surface area contributed by atoms with Crippen molar-refractivity contribution in [1.29, 1.82) is 0 Å². The molecule has 0 bridgehead atoms. The molecule has 132 valence electrons. The van der Waals surface area contributed by atoms with Gasteiger partial charge in [-0.05, 0) is 18.2 Å². The zero-order valence-electron chi connectivity index (χ0n) is 13.6. The zero-order chi connectivity index (χ0) is 17.8. The van der Waals surface area contributed by atoms with Crippen LogP contribution in [0.4, 0.5) is 0 Å². The van der Waals surface area contributed by atoms with Gasteiger partial charge in [0.25, 0.3) is 5.91 Å².